The van der Waals surface area contributed by atoms with Crippen LogP contribution in [0.1, 0.15) is 5.56 Å². The maximum Gasteiger partial charge on any atom is 0.246 e. The molecule has 0 bridgehead atoms. The molecule has 3 nitrogen and oxygen atoms in total. The largest absolute Gasteiger partial charge is 0.383 e. The molecule has 0 aliphatic carbocycles. The van der Waals surface area contributed by atoms with Crippen LogP contribution in [0.15, 0.2) is 30.3 Å². The molecule has 1 radical (unpaired) electrons. The van der Waals surface area contributed by atoms with Crippen molar-refractivity contribution < 1.29 is 9.90 Å². The van der Waals surface area contributed by atoms with Crippen molar-refractivity contribution in [3.05, 3.63) is 42.3 Å². The van der Waals surface area contributed by atoms with Crippen molar-refractivity contribution >= 4 is 5.91 Å². The second-order valence-corrected chi connectivity index (χ2v) is 2.77. The van der Waals surface area contributed by atoms with E-state index in [0.29, 0.717) is 6.42 Å². The third kappa shape index (κ3) is 3.25. The Balaban J connectivity index is 2.39. The number of hydrogen-bond acceptors (Lipinski definition) is 2. The lowest BCUT2D eigenvalue weighted by Gasteiger charge is -2.04. The van der Waals surface area contributed by atoms with Gasteiger partial charge < -0.3 is 10.8 Å². The maximum atomic E-state index is 10.5. The van der Waals surface area contributed by atoms with Crippen molar-refractivity contribution in [2.75, 3.05) is 0 Å². The van der Waals surface area contributed by atoms with E-state index in [1.807, 2.05) is 30.3 Å². The van der Waals surface area contributed by atoms with Crippen LogP contribution in [0.3, 0.4) is 0 Å². The first-order chi connectivity index (χ1) is 6.20. The predicted octanol–water partition coefficient (Wildman–Crippen LogP) is 0.280. The van der Waals surface area contributed by atoms with E-state index in [-0.39, 0.29) is 0 Å². The molecule has 0 heterocycles. The molecule has 0 saturated carbocycles. The zero-order chi connectivity index (χ0) is 9.68. The Hall–Kier alpha value is -1.35. The van der Waals surface area contributed by atoms with Gasteiger partial charge in [0.15, 0.2) is 0 Å². The smallest absolute Gasteiger partial charge is 0.246 e. The monoisotopic (exact) mass is 178 g/mol. The number of rotatable bonds is 4. The summed E-state index contributed by atoms with van der Waals surface area (Å²) in [6.07, 6.45) is 0.878. The number of amides is 1. The van der Waals surface area contributed by atoms with Gasteiger partial charge in [-0.2, -0.15) is 0 Å². The van der Waals surface area contributed by atoms with E-state index in [9.17, 15) is 4.79 Å². The Kier molecular flexibility index (Phi) is 3.46. The third-order valence-electron chi connectivity index (χ3n) is 1.71. The van der Waals surface area contributed by atoms with Crippen LogP contribution in [0.25, 0.3) is 0 Å². The minimum atomic E-state index is -1.15. The molecule has 1 unspecified atom stereocenters. The SMILES string of the molecule is NC(=O)C(O)[CH]Cc1ccccc1. The Morgan fingerprint density at radius 1 is 1.46 bits per heavy atom. The van der Waals surface area contributed by atoms with Crippen molar-refractivity contribution in [1.29, 1.82) is 0 Å². The maximum absolute atomic E-state index is 10.5. The van der Waals surface area contributed by atoms with E-state index in [4.69, 9.17) is 10.8 Å². The highest BCUT2D eigenvalue weighted by Crippen LogP contribution is 2.03. The zero-order valence-corrected chi connectivity index (χ0v) is 7.18. The molecule has 0 saturated heterocycles. The molecule has 0 aromatic heterocycles. The lowest BCUT2D eigenvalue weighted by atomic mass is 10.1. The highest BCUT2D eigenvalue weighted by Gasteiger charge is 2.10. The molecule has 69 valence electrons. The molecule has 3 heteroatoms. The molecular weight excluding hydrogens is 166 g/mol. The van der Waals surface area contributed by atoms with E-state index in [1.165, 1.54) is 6.42 Å². The third-order valence-corrected chi connectivity index (χ3v) is 1.71. The lowest BCUT2D eigenvalue weighted by molar-refractivity contribution is -0.124. The summed E-state index contributed by atoms with van der Waals surface area (Å²) in [7, 11) is 0. The molecule has 1 atom stereocenters. The van der Waals surface area contributed by atoms with Gasteiger partial charge in [0.25, 0.3) is 0 Å². The molecule has 1 aromatic rings. The number of primary amides is 1. The summed E-state index contributed by atoms with van der Waals surface area (Å²) in [5.41, 5.74) is 5.92. The van der Waals surface area contributed by atoms with Crippen LogP contribution in [0.2, 0.25) is 0 Å². The number of nitrogens with two attached hydrogens (primary N) is 1. The van der Waals surface area contributed by atoms with Crippen LogP contribution in [0, 0.1) is 6.42 Å². The van der Waals surface area contributed by atoms with Crippen molar-refractivity contribution in [3.63, 3.8) is 0 Å². The summed E-state index contributed by atoms with van der Waals surface area (Å²) in [4.78, 5) is 10.5. The summed E-state index contributed by atoms with van der Waals surface area (Å²) in [5.74, 6) is -0.712. The van der Waals surface area contributed by atoms with Gasteiger partial charge >= 0.3 is 0 Å². The molecule has 1 amide bonds. The molecule has 0 aliphatic heterocycles. The number of benzene rings is 1. The molecule has 0 spiro atoms. The van der Waals surface area contributed by atoms with E-state index in [1.54, 1.807) is 0 Å². The van der Waals surface area contributed by atoms with Gasteiger partial charge in [0.1, 0.15) is 6.10 Å². The number of carbonyl (C=O) groups excluding carboxylic acids is 1. The Morgan fingerprint density at radius 3 is 2.62 bits per heavy atom. The van der Waals surface area contributed by atoms with Crippen LogP contribution in [-0.4, -0.2) is 17.1 Å². The van der Waals surface area contributed by atoms with E-state index in [0.717, 1.165) is 5.56 Å². The van der Waals surface area contributed by atoms with Gasteiger partial charge in [0.05, 0.1) is 0 Å². The van der Waals surface area contributed by atoms with Crippen molar-refractivity contribution in [2.45, 2.75) is 12.5 Å². The fourth-order valence-corrected chi connectivity index (χ4v) is 0.978. The Labute approximate surface area is 77.2 Å². The molecule has 13 heavy (non-hydrogen) atoms. The number of carbonyl (C=O) groups is 1. The van der Waals surface area contributed by atoms with E-state index >= 15 is 0 Å². The highest BCUT2D eigenvalue weighted by atomic mass is 16.3. The van der Waals surface area contributed by atoms with Gasteiger partial charge in [-0.1, -0.05) is 30.3 Å². The van der Waals surface area contributed by atoms with Gasteiger partial charge in [-0.15, -0.1) is 0 Å². The summed E-state index contributed by atoms with van der Waals surface area (Å²) >= 11 is 0. The minimum Gasteiger partial charge on any atom is -0.383 e. The van der Waals surface area contributed by atoms with Crippen LogP contribution < -0.4 is 5.73 Å². The minimum absolute atomic E-state index is 0.547. The molecule has 1 aromatic carbocycles. The van der Waals surface area contributed by atoms with Gasteiger partial charge in [0, 0.05) is 6.42 Å². The summed E-state index contributed by atoms with van der Waals surface area (Å²) in [6.45, 7) is 0. The van der Waals surface area contributed by atoms with Gasteiger partial charge in [-0.3, -0.25) is 4.79 Å². The summed E-state index contributed by atoms with van der Waals surface area (Å²) in [6, 6.07) is 9.56. The fraction of sp³-hybridized carbons (Fsp3) is 0.200. The first-order valence-corrected chi connectivity index (χ1v) is 4.05. The van der Waals surface area contributed by atoms with Crippen LogP contribution in [-0.2, 0) is 11.2 Å². The van der Waals surface area contributed by atoms with Crippen molar-refractivity contribution in [3.8, 4) is 0 Å². The Bertz CT molecular complexity index is 272. The fourth-order valence-electron chi connectivity index (χ4n) is 0.978. The van der Waals surface area contributed by atoms with E-state index < -0.39 is 12.0 Å². The second kappa shape index (κ2) is 4.62. The van der Waals surface area contributed by atoms with Crippen LogP contribution in [0.5, 0.6) is 0 Å². The molecule has 3 N–H and O–H groups in total. The summed E-state index contributed by atoms with van der Waals surface area (Å²) in [5, 5.41) is 9.06. The first-order valence-electron chi connectivity index (χ1n) is 4.05. The average molecular weight is 178 g/mol. The van der Waals surface area contributed by atoms with E-state index in [2.05, 4.69) is 0 Å². The van der Waals surface area contributed by atoms with Gasteiger partial charge in [-0.05, 0) is 12.0 Å². The molecular formula is C10H12NO2. The molecule has 0 aliphatic rings. The zero-order valence-electron chi connectivity index (χ0n) is 7.18. The van der Waals surface area contributed by atoms with Crippen LogP contribution >= 0.6 is 0 Å². The van der Waals surface area contributed by atoms with Crippen molar-refractivity contribution in [2.24, 2.45) is 5.73 Å². The van der Waals surface area contributed by atoms with Gasteiger partial charge in [0.2, 0.25) is 5.91 Å². The highest BCUT2D eigenvalue weighted by molar-refractivity contribution is 5.79. The standard InChI is InChI=1S/C10H12NO2/c11-10(13)9(12)7-6-8-4-2-1-3-5-8/h1-5,7,9,12H,6H2,(H2,11,13). The topological polar surface area (TPSA) is 63.3 Å². The van der Waals surface area contributed by atoms with Crippen LogP contribution in [0.4, 0.5) is 0 Å². The quantitative estimate of drug-likeness (QED) is 0.695. The first kappa shape index (κ1) is 9.74. The lowest BCUT2D eigenvalue weighted by Crippen LogP contribution is -2.29. The summed E-state index contributed by atoms with van der Waals surface area (Å²) < 4.78 is 0. The normalized spacial score (nSPS) is 12.4. The number of aliphatic hydroxyl groups excluding tert-OH is 1. The Morgan fingerprint density at radius 2 is 2.08 bits per heavy atom. The van der Waals surface area contributed by atoms with Crippen molar-refractivity contribution in [1.82, 2.24) is 0 Å². The van der Waals surface area contributed by atoms with Gasteiger partial charge in [-0.25, -0.2) is 0 Å². The molecule has 1 rings (SSSR count). The predicted molar refractivity (Wildman–Crippen MR) is 49.6 cm³/mol. The number of aliphatic hydroxyl groups is 1. The molecule has 0 fully saturated rings. The average Bonchev–Trinajstić information content (AvgIpc) is 2.15. The number of hydrogen-bond donors (Lipinski definition) is 2. The second-order valence-electron chi connectivity index (χ2n) is 2.77.